The molecule has 0 aliphatic rings. The zero-order valence-electron chi connectivity index (χ0n) is 26.5. The van der Waals surface area contributed by atoms with E-state index >= 15 is 0 Å². The molecule has 3 rings (SSSR count). The summed E-state index contributed by atoms with van der Waals surface area (Å²) < 4.78 is 32.5. The van der Waals surface area contributed by atoms with E-state index in [2.05, 4.69) is 10.3 Å². The maximum atomic E-state index is 12.7. The van der Waals surface area contributed by atoms with Gasteiger partial charge in [-0.1, -0.05) is 23.7 Å². The van der Waals surface area contributed by atoms with Crippen molar-refractivity contribution in [3.63, 3.8) is 0 Å². The maximum Gasteiger partial charge on any atom is 0.340 e. The zero-order chi connectivity index (χ0) is 33.4. The van der Waals surface area contributed by atoms with Crippen LogP contribution >= 0.6 is 11.6 Å². The molecule has 1 amide bonds. The second kappa shape index (κ2) is 19.1. The number of aromatic amines is 1. The number of carbonyl (C=O) groups excluding carboxylic acids is 2. The minimum Gasteiger partial charge on any atom is -0.492 e. The first kappa shape index (κ1) is 36.8. The van der Waals surface area contributed by atoms with Gasteiger partial charge in [0, 0.05) is 29.1 Å². The van der Waals surface area contributed by atoms with Crippen molar-refractivity contribution in [2.24, 2.45) is 0 Å². The number of aliphatic carboxylic acids is 1. The van der Waals surface area contributed by atoms with Gasteiger partial charge < -0.3 is 43.8 Å². The molecule has 12 nitrogen and oxygen atoms in total. The van der Waals surface area contributed by atoms with Gasteiger partial charge in [0.2, 0.25) is 5.91 Å². The molecule has 0 aliphatic carbocycles. The fraction of sp³-hybridized carbons (Fsp3) is 0.485. The number of benzene rings is 2. The maximum absolute atomic E-state index is 12.7. The van der Waals surface area contributed by atoms with Crippen LogP contribution in [0.5, 0.6) is 5.75 Å². The van der Waals surface area contributed by atoms with Gasteiger partial charge in [-0.15, -0.1) is 0 Å². The molecule has 3 N–H and O–H groups in total. The third-order valence-corrected chi connectivity index (χ3v) is 6.61. The van der Waals surface area contributed by atoms with Crippen molar-refractivity contribution in [1.82, 2.24) is 10.3 Å². The Morgan fingerprint density at radius 3 is 2.00 bits per heavy atom. The van der Waals surface area contributed by atoms with Gasteiger partial charge in [0.1, 0.15) is 18.0 Å². The highest BCUT2D eigenvalue weighted by Crippen LogP contribution is 2.34. The Bertz CT molecular complexity index is 1400. The van der Waals surface area contributed by atoms with Gasteiger partial charge in [0.25, 0.3) is 0 Å². The van der Waals surface area contributed by atoms with Crippen LogP contribution in [0.3, 0.4) is 0 Å². The molecule has 46 heavy (non-hydrogen) atoms. The van der Waals surface area contributed by atoms with Crippen LogP contribution in [0.4, 0.5) is 0 Å². The molecule has 0 atom stereocenters. The molecule has 13 heteroatoms. The van der Waals surface area contributed by atoms with Crippen LogP contribution in [0.25, 0.3) is 22.0 Å². The number of carboxylic acids is 1. The van der Waals surface area contributed by atoms with Gasteiger partial charge >= 0.3 is 11.9 Å². The Balaban J connectivity index is 1.27. The topological polar surface area (TPSA) is 155 Å². The molecule has 0 unspecified atom stereocenters. The lowest BCUT2D eigenvalue weighted by Crippen LogP contribution is -2.29. The van der Waals surface area contributed by atoms with Gasteiger partial charge in [0.15, 0.2) is 0 Å². The van der Waals surface area contributed by atoms with E-state index in [1.165, 1.54) is 0 Å². The molecule has 1 heterocycles. The normalized spacial score (nSPS) is 11.5. The zero-order valence-corrected chi connectivity index (χ0v) is 27.3. The van der Waals surface area contributed by atoms with Crippen molar-refractivity contribution in [1.29, 1.82) is 0 Å². The van der Waals surface area contributed by atoms with Crippen molar-refractivity contribution >= 4 is 40.3 Å². The molecule has 252 valence electrons. The van der Waals surface area contributed by atoms with Crippen molar-refractivity contribution in [2.45, 2.75) is 39.2 Å². The van der Waals surface area contributed by atoms with Gasteiger partial charge in [0.05, 0.1) is 76.4 Å². The summed E-state index contributed by atoms with van der Waals surface area (Å²) in [6.07, 6.45) is 1.83. The Hall–Kier alpha value is -3.68. The first-order valence-electron chi connectivity index (χ1n) is 15.1. The van der Waals surface area contributed by atoms with Crippen LogP contribution in [0.2, 0.25) is 5.02 Å². The molecule has 0 fully saturated rings. The van der Waals surface area contributed by atoms with E-state index in [1.54, 1.807) is 12.3 Å². The summed E-state index contributed by atoms with van der Waals surface area (Å²) in [4.78, 5) is 38.2. The number of carbonyl (C=O) groups is 3. The summed E-state index contributed by atoms with van der Waals surface area (Å²) in [5.74, 6) is -0.796. The third kappa shape index (κ3) is 13.4. The molecule has 0 saturated heterocycles. The molecule has 0 radical (unpaired) electrons. The molecule has 3 aromatic rings. The number of ether oxygens (including phenoxy) is 6. The quantitative estimate of drug-likeness (QED) is 0.106. The number of rotatable bonds is 21. The number of nitrogens with one attached hydrogen (secondary N) is 2. The van der Waals surface area contributed by atoms with Crippen LogP contribution in [0.1, 0.15) is 44.0 Å². The number of hydrogen-bond donors (Lipinski definition) is 3. The standard InChI is InChI=1S/C33H43ClN2O10/c1-33(2,3)46-32(40)27-22-36-29-21-28(34)25(20-26(27)29)23-4-6-24(7-5-23)45-13-10-35-30(37)8-11-41-14-16-43-18-19-44-17-15-42-12-9-31(38)39/h4-7,20-22,36H,8-19H2,1-3H3,(H,35,37)(H,38,39). The highest BCUT2D eigenvalue weighted by Gasteiger charge is 2.21. The van der Waals surface area contributed by atoms with E-state index in [0.717, 1.165) is 22.0 Å². The monoisotopic (exact) mass is 662 g/mol. The molecule has 0 bridgehead atoms. The number of hydrogen-bond acceptors (Lipinski definition) is 9. The molecule has 2 aromatic carbocycles. The molecule has 0 aliphatic heterocycles. The lowest BCUT2D eigenvalue weighted by molar-refractivity contribution is -0.138. The fourth-order valence-corrected chi connectivity index (χ4v) is 4.40. The van der Waals surface area contributed by atoms with Crippen LogP contribution in [-0.2, 0) is 33.3 Å². The van der Waals surface area contributed by atoms with Crippen molar-refractivity contribution < 1.29 is 47.9 Å². The summed E-state index contributed by atoms with van der Waals surface area (Å²) in [6.45, 7) is 8.80. The fourth-order valence-electron chi connectivity index (χ4n) is 4.13. The van der Waals surface area contributed by atoms with Crippen LogP contribution in [0.15, 0.2) is 42.6 Å². The number of aromatic nitrogens is 1. The minimum atomic E-state index is -0.893. The van der Waals surface area contributed by atoms with Crippen LogP contribution < -0.4 is 10.1 Å². The predicted molar refractivity (Wildman–Crippen MR) is 173 cm³/mol. The lowest BCUT2D eigenvalue weighted by Gasteiger charge is -2.19. The Kier molecular flexibility index (Phi) is 15.3. The van der Waals surface area contributed by atoms with E-state index in [-0.39, 0.29) is 32.0 Å². The van der Waals surface area contributed by atoms with Crippen molar-refractivity contribution in [3.05, 3.63) is 53.2 Å². The highest BCUT2D eigenvalue weighted by atomic mass is 35.5. The predicted octanol–water partition coefficient (Wildman–Crippen LogP) is 4.87. The van der Waals surface area contributed by atoms with Gasteiger partial charge in [-0.25, -0.2) is 4.79 Å². The second-order valence-corrected chi connectivity index (χ2v) is 11.6. The molecule has 0 saturated carbocycles. The first-order valence-corrected chi connectivity index (χ1v) is 15.5. The molecule has 0 spiro atoms. The van der Waals surface area contributed by atoms with Crippen molar-refractivity contribution in [2.75, 3.05) is 66.0 Å². The molecule has 1 aromatic heterocycles. The smallest absolute Gasteiger partial charge is 0.340 e. The van der Waals surface area contributed by atoms with Crippen LogP contribution in [0, 0.1) is 0 Å². The van der Waals surface area contributed by atoms with Gasteiger partial charge in [-0.3, -0.25) is 9.59 Å². The minimum absolute atomic E-state index is 0.0249. The van der Waals surface area contributed by atoms with E-state index in [0.29, 0.717) is 69.1 Å². The van der Waals surface area contributed by atoms with Crippen LogP contribution in [-0.4, -0.2) is 99.5 Å². The van der Waals surface area contributed by atoms with E-state index in [4.69, 9.17) is 45.1 Å². The largest absolute Gasteiger partial charge is 0.492 e. The lowest BCUT2D eigenvalue weighted by atomic mass is 10.0. The number of H-pyrrole nitrogens is 1. The van der Waals surface area contributed by atoms with E-state index in [9.17, 15) is 14.4 Å². The average Bonchev–Trinajstić information content (AvgIpc) is 3.41. The number of esters is 1. The highest BCUT2D eigenvalue weighted by molar-refractivity contribution is 6.34. The van der Waals surface area contributed by atoms with E-state index in [1.807, 2.05) is 51.1 Å². The molecular weight excluding hydrogens is 620 g/mol. The number of fused-ring (bicyclic) bond motifs is 1. The van der Waals surface area contributed by atoms with E-state index < -0.39 is 17.5 Å². The number of halogens is 1. The SMILES string of the molecule is CC(C)(C)OC(=O)c1c[nH]c2cc(Cl)c(-c3ccc(OCCNC(=O)CCOCCOCCOCCOCCC(=O)O)cc3)cc12. The Morgan fingerprint density at radius 1 is 0.826 bits per heavy atom. The summed E-state index contributed by atoms with van der Waals surface area (Å²) >= 11 is 6.57. The summed E-state index contributed by atoms with van der Waals surface area (Å²) in [5.41, 5.74) is 2.21. The Morgan fingerprint density at radius 2 is 1.41 bits per heavy atom. The molecular formula is C33H43ClN2O10. The third-order valence-electron chi connectivity index (χ3n) is 6.30. The van der Waals surface area contributed by atoms with Crippen molar-refractivity contribution in [3.8, 4) is 16.9 Å². The summed E-state index contributed by atoms with van der Waals surface area (Å²) in [7, 11) is 0. The first-order chi connectivity index (χ1) is 22.0. The summed E-state index contributed by atoms with van der Waals surface area (Å²) in [6, 6.07) is 11.1. The van der Waals surface area contributed by atoms with Gasteiger partial charge in [-0.2, -0.15) is 0 Å². The number of amides is 1. The Labute approximate surface area is 273 Å². The second-order valence-electron chi connectivity index (χ2n) is 11.1. The number of carboxylic acid groups (broad SMARTS) is 1. The van der Waals surface area contributed by atoms with Gasteiger partial charge in [-0.05, 0) is 50.6 Å². The summed E-state index contributed by atoms with van der Waals surface area (Å²) in [5, 5.41) is 12.6. The average molecular weight is 663 g/mol.